The smallest absolute Gasteiger partial charge is 0.354 e. The molecule has 1 fully saturated rings. The zero-order valence-electron chi connectivity index (χ0n) is 11.1. The van der Waals surface area contributed by atoms with E-state index >= 15 is 0 Å². The summed E-state index contributed by atoms with van der Waals surface area (Å²) in [4.78, 5) is 26.4. The molecular formula is C14H18N2O4. The Morgan fingerprint density at radius 3 is 2.60 bits per heavy atom. The van der Waals surface area contributed by atoms with E-state index in [2.05, 4.69) is 10.3 Å². The number of pyridine rings is 1. The molecule has 2 rings (SSSR count). The van der Waals surface area contributed by atoms with E-state index in [1.807, 2.05) is 0 Å². The van der Waals surface area contributed by atoms with Gasteiger partial charge in [-0.2, -0.15) is 0 Å². The number of aliphatic hydroxyl groups excluding tert-OH is 1. The maximum atomic E-state index is 12.0. The van der Waals surface area contributed by atoms with Gasteiger partial charge in [0.1, 0.15) is 5.69 Å². The predicted molar refractivity (Wildman–Crippen MR) is 71.5 cm³/mol. The molecular weight excluding hydrogens is 260 g/mol. The van der Waals surface area contributed by atoms with Gasteiger partial charge in [-0.15, -0.1) is 0 Å². The summed E-state index contributed by atoms with van der Waals surface area (Å²) in [6.45, 7) is 0. The number of aromatic nitrogens is 1. The van der Waals surface area contributed by atoms with Gasteiger partial charge in [0.15, 0.2) is 0 Å². The lowest BCUT2D eigenvalue weighted by molar-refractivity contribution is 0.0689. The SMILES string of the molecule is O=C(NC1CCCCCC1O)c1ccc(C(=O)O)nc1. The van der Waals surface area contributed by atoms with Crippen LogP contribution in [0.25, 0.3) is 0 Å². The Balaban J connectivity index is 2.01. The van der Waals surface area contributed by atoms with Gasteiger partial charge in [0.25, 0.3) is 5.91 Å². The van der Waals surface area contributed by atoms with Gasteiger partial charge in [0, 0.05) is 6.20 Å². The first kappa shape index (κ1) is 14.5. The highest BCUT2D eigenvalue weighted by molar-refractivity contribution is 5.95. The fourth-order valence-electron chi connectivity index (χ4n) is 2.36. The molecule has 1 amide bonds. The zero-order chi connectivity index (χ0) is 14.5. The van der Waals surface area contributed by atoms with Crippen molar-refractivity contribution in [3.63, 3.8) is 0 Å². The predicted octanol–water partition coefficient (Wildman–Crippen LogP) is 1.20. The molecule has 1 aromatic rings. The minimum absolute atomic E-state index is 0.101. The van der Waals surface area contributed by atoms with E-state index in [0.29, 0.717) is 12.0 Å². The topological polar surface area (TPSA) is 99.5 Å². The first-order valence-corrected chi connectivity index (χ1v) is 6.76. The lowest BCUT2D eigenvalue weighted by Gasteiger charge is -2.21. The molecule has 2 unspecified atom stereocenters. The van der Waals surface area contributed by atoms with Crippen LogP contribution >= 0.6 is 0 Å². The molecule has 0 aliphatic heterocycles. The van der Waals surface area contributed by atoms with Crippen molar-refractivity contribution in [3.8, 4) is 0 Å². The van der Waals surface area contributed by atoms with E-state index in [1.54, 1.807) is 0 Å². The van der Waals surface area contributed by atoms with Crippen molar-refractivity contribution in [1.29, 1.82) is 0 Å². The standard InChI is InChI=1S/C14H18N2O4/c17-12-5-3-1-2-4-10(12)16-13(18)9-6-7-11(14(19)20)15-8-9/h6-8,10,12,17H,1-5H2,(H,16,18)(H,19,20). The number of hydrogen-bond donors (Lipinski definition) is 3. The highest BCUT2D eigenvalue weighted by Crippen LogP contribution is 2.18. The van der Waals surface area contributed by atoms with Crippen molar-refractivity contribution < 1.29 is 19.8 Å². The summed E-state index contributed by atoms with van der Waals surface area (Å²) in [6, 6.07) is 2.47. The van der Waals surface area contributed by atoms with E-state index in [4.69, 9.17) is 5.11 Å². The Kier molecular flexibility index (Phi) is 4.68. The number of aliphatic hydroxyl groups is 1. The molecule has 0 spiro atoms. The van der Waals surface area contributed by atoms with Crippen LogP contribution in [-0.4, -0.2) is 39.2 Å². The van der Waals surface area contributed by atoms with E-state index in [9.17, 15) is 14.7 Å². The van der Waals surface area contributed by atoms with Crippen LogP contribution in [0.15, 0.2) is 18.3 Å². The summed E-state index contributed by atoms with van der Waals surface area (Å²) in [6.07, 6.45) is 5.20. The summed E-state index contributed by atoms with van der Waals surface area (Å²) in [7, 11) is 0. The number of carboxylic acids is 1. The summed E-state index contributed by atoms with van der Waals surface area (Å²) in [5.74, 6) is -1.46. The minimum Gasteiger partial charge on any atom is -0.477 e. The van der Waals surface area contributed by atoms with Gasteiger partial charge in [0.05, 0.1) is 17.7 Å². The van der Waals surface area contributed by atoms with Gasteiger partial charge >= 0.3 is 5.97 Å². The highest BCUT2D eigenvalue weighted by atomic mass is 16.4. The third-order valence-electron chi connectivity index (χ3n) is 3.54. The van der Waals surface area contributed by atoms with Crippen LogP contribution in [0.2, 0.25) is 0 Å². The Morgan fingerprint density at radius 2 is 1.95 bits per heavy atom. The van der Waals surface area contributed by atoms with Crippen LogP contribution < -0.4 is 5.32 Å². The summed E-state index contributed by atoms with van der Waals surface area (Å²) in [5.41, 5.74) is 0.197. The van der Waals surface area contributed by atoms with Gasteiger partial charge in [-0.25, -0.2) is 9.78 Å². The number of rotatable bonds is 3. The third kappa shape index (κ3) is 3.54. The maximum Gasteiger partial charge on any atom is 0.354 e. The van der Waals surface area contributed by atoms with Crippen molar-refractivity contribution in [3.05, 3.63) is 29.6 Å². The molecule has 3 N–H and O–H groups in total. The second kappa shape index (κ2) is 6.47. The fraction of sp³-hybridized carbons (Fsp3) is 0.500. The molecule has 0 aromatic carbocycles. The molecule has 20 heavy (non-hydrogen) atoms. The first-order valence-electron chi connectivity index (χ1n) is 6.76. The Hall–Kier alpha value is -1.95. The lowest BCUT2D eigenvalue weighted by atomic mass is 10.1. The summed E-state index contributed by atoms with van der Waals surface area (Å²) in [5, 5.41) is 21.5. The number of carbonyl (C=O) groups is 2. The van der Waals surface area contributed by atoms with Crippen LogP contribution in [-0.2, 0) is 0 Å². The van der Waals surface area contributed by atoms with Crippen LogP contribution in [0.4, 0.5) is 0 Å². The van der Waals surface area contributed by atoms with Crippen molar-refractivity contribution in [2.45, 2.75) is 44.2 Å². The summed E-state index contributed by atoms with van der Waals surface area (Å²) < 4.78 is 0. The molecule has 1 heterocycles. The first-order chi connectivity index (χ1) is 9.58. The van der Waals surface area contributed by atoms with E-state index < -0.39 is 12.1 Å². The molecule has 1 saturated carbocycles. The van der Waals surface area contributed by atoms with Crippen molar-refractivity contribution in [1.82, 2.24) is 10.3 Å². The van der Waals surface area contributed by atoms with E-state index in [1.165, 1.54) is 18.3 Å². The van der Waals surface area contributed by atoms with E-state index in [0.717, 1.165) is 25.7 Å². The van der Waals surface area contributed by atoms with Crippen LogP contribution in [0.3, 0.4) is 0 Å². The molecule has 2 atom stereocenters. The Labute approximate surface area is 116 Å². The number of nitrogens with zero attached hydrogens (tertiary/aromatic N) is 1. The number of carbonyl (C=O) groups excluding carboxylic acids is 1. The van der Waals surface area contributed by atoms with Crippen molar-refractivity contribution in [2.75, 3.05) is 0 Å². The molecule has 1 aliphatic carbocycles. The highest BCUT2D eigenvalue weighted by Gasteiger charge is 2.23. The number of aromatic carboxylic acids is 1. The average molecular weight is 278 g/mol. The number of hydrogen-bond acceptors (Lipinski definition) is 4. The van der Waals surface area contributed by atoms with Gasteiger partial charge in [-0.05, 0) is 25.0 Å². The number of nitrogens with one attached hydrogen (secondary N) is 1. The second-order valence-electron chi connectivity index (χ2n) is 5.02. The Bertz CT molecular complexity index is 486. The molecule has 6 nitrogen and oxygen atoms in total. The average Bonchev–Trinajstić information content (AvgIpc) is 2.64. The van der Waals surface area contributed by atoms with Gasteiger partial charge in [-0.3, -0.25) is 4.79 Å². The minimum atomic E-state index is -1.13. The molecule has 0 radical (unpaired) electrons. The van der Waals surface area contributed by atoms with E-state index in [-0.39, 0.29) is 17.6 Å². The number of amides is 1. The quantitative estimate of drug-likeness (QED) is 0.721. The normalized spacial score (nSPS) is 22.9. The monoisotopic (exact) mass is 278 g/mol. The number of carboxylic acid groups (broad SMARTS) is 1. The largest absolute Gasteiger partial charge is 0.477 e. The summed E-state index contributed by atoms with van der Waals surface area (Å²) >= 11 is 0. The van der Waals surface area contributed by atoms with Crippen molar-refractivity contribution >= 4 is 11.9 Å². The van der Waals surface area contributed by atoms with Gasteiger partial charge < -0.3 is 15.5 Å². The van der Waals surface area contributed by atoms with Crippen molar-refractivity contribution in [2.24, 2.45) is 0 Å². The molecule has 0 bridgehead atoms. The molecule has 108 valence electrons. The lowest BCUT2D eigenvalue weighted by Crippen LogP contribution is -2.42. The van der Waals surface area contributed by atoms with Crippen LogP contribution in [0, 0.1) is 0 Å². The van der Waals surface area contributed by atoms with Gasteiger partial charge in [-0.1, -0.05) is 19.3 Å². The maximum absolute atomic E-state index is 12.0. The Morgan fingerprint density at radius 1 is 1.20 bits per heavy atom. The second-order valence-corrected chi connectivity index (χ2v) is 5.02. The molecule has 1 aliphatic rings. The van der Waals surface area contributed by atoms with Gasteiger partial charge in [0.2, 0.25) is 0 Å². The molecule has 0 saturated heterocycles. The third-order valence-corrected chi connectivity index (χ3v) is 3.54. The fourth-order valence-corrected chi connectivity index (χ4v) is 2.36. The van der Waals surface area contributed by atoms with Crippen LogP contribution in [0.1, 0.15) is 53.0 Å². The molecule has 1 aromatic heterocycles. The van der Waals surface area contributed by atoms with Crippen LogP contribution in [0.5, 0.6) is 0 Å². The zero-order valence-corrected chi connectivity index (χ0v) is 11.1. The molecule has 6 heteroatoms.